The molecule has 0 aromatic rings. The van der Waals surface area contributed by atoms with E-state index in [0.29, 0.717) is 18.0 Å². The number of piperidine rings is 1. The summed E-state index contributed by atoms with van der Waals surface area (Å²) in [5, 5.41) is 13.5. The van der Waals surface area contributed by atoms with Crippen molar-refractivity contribution < 1.29 is 5.11 Å². The van der Waals surface area contributed by atoms with Crippen LogP contribution in [-0.4, -0.2) is 66.4 Å². The van der Waals surface area contributed by atoms with E-state index < -0.39 is 0 Å². The molecule has 0 saturated carbocycles. The van der Waals surface area contributed by atoms with Gasteiger partial charge in [0.25, 0.3) is 0 Å². The summed E-state index contributed by atoms with van der Waals surface area (Å²) in [7, 11) is 0. The molecule has 4 nitrogen and oxygen atoms in total. The highest BCUT2D eigenvalue weighted by Crippen LogP contribution is 2.41. The largest absolute Gasteiger partial charge is 0.377 e. The molecule has 1 atom stereocenters. The Kier molecular flexibility index (Phi) is 5.46. The lowest BCUT2D eigenvalue weighted by molar-refractivity contribution is -0.129. The minimum Gasteiger partial charge on any atom is -0.377 e. The Balaban J connectivity index is 1.68. The van der Waals surface area contributed by atoms with Crippen LogP contribution in [0.15, 0.2) is 0 Å². The molecule has 0 aromatic carbocycles. The van der Waals surface area contributed by atoms with E-state index in [-0.39, 0.29) is 6.23 Å². The first-order chi connectivity index (χ1) is 9.40. The minimum atomic E-state index is -0.309. The van der Waals surface area contributed by atoms with Crippen molar-refractivity contribution in [1.29, 1.82) is 0 Å². The van der Waals surface area contributed by atoms with Gasteiger partial charge in [-0.1, -0.05) is 27.7 Å². The fraction of sp³-hybridized carbons (Fsp3) is 1.00. The first-order valence-corrected chi connectivity index (χ1v) is 8.28. The summed E-state index contributed by atoms with van der Waals surface area (Å²) in [6.45, 7) is 15.4. The first-order valence-electron chi connectivity index (χ1n) is 8.28. The average molecular weight is 283 g/mol. The third kappa shape index (κ3) is 4.17. The Hall–Kier alpha value is -0.160. The quantitative estimate of drug-likeness (QED) is 0.772. The van der Waals surface area contributed by atoms with Gasteiger partial charge in [-0.25, -0.2) is 0 Å². The topological polar surface area (TPSA) is 38.7 Å². The van der Waals surface area contributed by atoms with E-state index in [9.17, 15) is 5.11 Å². The normalized spacial score (nSPS) is 25.4. The van der Waals surface area contributed by atoms with Gasteiger partial charge >= 0.3 is 0 Å². The van der Waals surface area contributed by atoms with Crippen molar-refractivity contribution in [2.24, 2.45) is 11.3 Å². The maximum absolute atomic E-state index is 10.2. The van der Waals surface area contributed by atoms with E-state index in [1.165, 1.54) is 32.5 Å². The monoisotopic (exact) mass is 283 g/mol. The van der Waals surface area contributed by atoms with Crippen LogP contribution in [0.5, 0.6) is 0 Å². The van der Waals surface area contributed by atoms with Gasteiger partial charge in [-0.15, -0.1) is 0 Å². The molecule has 2 saturated heterocycles. The average Bonchev–Trinajstić information content (AvgIpc) is 2.33. The van der Waals surface area contributed by atoms with Crippen molar-refractivity contribution in [2.75, 3.05) is 39.3 Å². The van der Waals surface area contributed by atoms with Crippen LogP contribution in [0.3, 0.4) is 0 Å². The van der Waals surface area contributed by atoms with Crippen LogP contribution in [0.25, 0.3) is 0 Å². The summed E-state index contributed by atoms with van der Waals surface area (Å²) >= 11 is 0. The Morgan fingerprint density at radius 3 is 2.20 bits per heavy atom. The van der Waals surface area contributed by atoms with Crippen molar-refractivity contribution in [1.82, 2.24) is 15.1 Å². The number of hydrogen-bond donors (Lipinski definition) is 2. The zero-order chi connectivity index (χ0) is 14.8. The predicted molar refractivity (Wildman–Crippen MR) is 83.7 cm³/mol. The lowest BCUT2D eigenvalue weighted by atomic mass is 9.71. The van der Waals surface area contributed by atoms with Crippen LogP contribution in [0, 0.1) is 11.3 Å². The molecule has 0 aromatic heterocycles. The second-order valence-electron chi connectivity index (χ2n) is 7.64. The Labute approximate surface area is 124 Å². The third-order valence-electron chi connectivity index (χ3n) is 4.75. The van der Waals surface area contributed by atoms with Crippen LogP contribution in [0.2, 0.25) is 0 Å². The van der Waals surface area contributed by atoms with E-state index in [1.54, 1.807) is 0 Å². The smallest absolute Gasteiger partial charge is 0.120 e. The third-order valence-corrected chi connectivity index (χ3v) is 4.75. The highest BCUT2D eigenvalue weighted by molar-refractivity contribution is 4.99. The molecule has 0 bridgehead atoms. The molecule has 0 radical (unpaired) electrons. The van der Waals surface area contributed by atoms with E-state index in [2.05, 4.69) is 42.8 Å². The first kappa shape index (κ1) is 16.2. The number of aliphatic hydroxyl groups is 1. The van der Waals surface area contributed by atoms with Crippen LogP contribution in [0.4, 0.5) is 0 Å². The summed E-state index contributed by atoms with van der Waals surface area (Å²) in [5.74, 6) is 0.769. The van der Waals surface area contributed by atoms with Gasteiger partial charge in [-0.2, -0.15) is 0 Å². The number of nitrogens with one attached hydrogen (secondary N) is 1. The summed E-state index contributed by atoms with van der Waals surface area (Å²) in [4.78, 5) is 4.84. The van der Waals surface area contributed by atoms with E-state index >= 15 is 0 Å². The van der Waals surface area contributed by atoms with Gasteiger partial charge in [0, 0.05) is 32.2 Å². The van der Waals surface area contributed by atoms with Crippen molar-refractivity contribution in [3.05, 3.63) is 0 Å². The second kappa shape index (κ2) is 6.73. The summed E-state index contributed by atoms with van der Waals surface area (Å²) < 4.78 is 0. The minimum absolute atomic E-state index is 0.309. The van der Waals surface area contributed by atoms with Crippen molar-refractivity contribution in [2.45, 2.75) is 52.8 Å². The molecule has 1 spiro atoms. The molecule has 2 heterocycles. The Bertz CT molecular complexity index is 290. The molecule has 118 valence electrons. The number of likely N-dealkylation sites (tertiary alicyclic amines) is 2. The van der Waals surface area contributed by atoms with E-state index in [1.807, 2.05) is 0 Å². The standard InChI is InChI=1S/C16H33N3O/c1-13(2)10-18-7-5-16(6-8-18)11-19(12-16)15(20)9-17-14(3)4/h13-15,17,20H,5-12H2,1-4H3. The SMILES string of the molecule is CC(C)CN1CCC2(CC1)CN(C(O)CNC(C)C)C2. The van der Waals surface area contributed by atoms with Crippen LogP contribution < -0.4 is 5.32 Å². The van der Waals surface area contributed by atoms with Gasteiger partial charge < -0.3 is 15.3 Å². The van der Waals surface area contributed by atoms with Crippen molar-refractivity contribution in [3.63, 3.8) is 0 Å². The second-order valence-corrected chi connectivity index (χ2v) is 7.64. The molecule has 2 rings (SSSR count). The maximum atomic E-state index is 10.2. The highest BCUT2D eigenvalue weighted by atomic mass is 16.3. The van der Waals surface area contributed by atoms with Crippen LogP contribution >= 0.6 is 0 Å². The summed E-state index contributed by atoms with van der Waals surface area (Å²) in [6.07, 6.45) is 2.30. The predicted octanol–water partition coefficient (Wildman–Crippen LogP) is 1.36. The molecule has 2 aliphatic rings. The zero-order valence-electron chi connectivity index (χ0n) is 13.7. The fourth-order valence-corrected chi connectivity index (χ4v) is 3.54. The summed E-state index contributed by atoms with van der Waals surface area (Å²) in [5.41, 5.74) is 0.506. The molecule has 0 aliphatic carbocycles. The molecule has 4 heteroatoms. The van der Waals surface area contributed by atoms with Crippen molar-refractivity contribution >= 4 is 0 Å². The van der Waals surface area contributed by atoms with Gasteiger partial charge in [-0.05, 0) is 37.3 Å². The van der Waals surface area contributed by atoms with E-state index in [4.69, 9.17) is 0 Å². The van der Waals surface area contributed by atoms with Crippen molar-refractivity contribution in [3.8, 4) is 0 Å². The van der Waals surface area contributed by atoms with Crippen LogP contribution in [-0.2, 0) is 0 Å². The van der Waals surface area contributed by atoms with Gasteiger partial charge in [0.2, 0.25) is 0 Å². The number of rotatable bonds is 6. The molecule has 0 amide bonds. The molecule has 2 N–H and O–H groups in total. The summed E-state index contributed by atoms with van der Waals surface area (Å²) in [6, 6.07) is 0.444. The Morgan fingerprint density at radius 2 is 1.70 bits per heavy atom. The maximum Gasteiger partial charge on any atom is 0.120 e. The van der Waals surface area contributed by atoms with Gasteiger partial charge in [0.05, 0.1) is 0 Å². The number of hydrogen-bond acceptors (Lipinski definition) is 4. The van der Waals surface area contributed by atoms with Crippen LogP contribution in [0.1, 0.15) is 40.5 Å². The molecule has 2 aliphatic heterocycles. The van der Waals surface area contributed by atoms with Gasteiger partial charge in [0.15, 0.2) is 0 Å². The molecule has 20 heavy (non-hydrogen) atoms. The molecular formula is C16H33N3O. The lowest BCUT2D eigenvalue weighted by Crippen LogP contribution is -2.64. The number of aliphatic hydroxyl groups excluding tert-OH is 1. The van der Waals surface area contributed by atoms with Gasteiger partial charge in [0.1, 0.15) is 6.23 Å². The zero-order valence-corrected chi connectivity index (χ0v) is 13.7. The lowest BCUT2D eigenvalue weighted by Gasteiger charge is -2.55. The molecular weight excluding hydrogens is 250 g/mol. The molecule has 1 unspecified atom stereocenters. The Morgan fingerprint density at radius 1 is 1.10 bits per heavy atom. The van der Waals surface area contributed by atoms with E-state index in [0.717, 1.165) is 19.0 Å². The number of nitrogens with zero attached hydrogens (tertiary/aromatic N) is 2. The fourth-order valence-electron chi connectivity index (χ4n) is 3.54. The van der Waals surface area contributed by atoms with Gasteiger partial charge in [-0.3, -0.25) is 4.90 Å². The highest BCUT2D eigenvalue weighted by Gasteiger charge is 2.46. The molecule has 2 fully saturated rings.